The number of hydrogen-bond acceptors (Lipinski definition) is 6. The summed E-state index contributed by atoms with van der Waals surface area (Å²) in [5.41, 5.74) is 0.895. The first-order valence-corrected chi connectivity index (χ1v) is 9.72. The fourth-order valence-corrected chi connectivity index (χ4v) is 4.27. The van der Waals surface area contributed by atoms with E-state index in [0.29, 0.717) is 18.9 Å². The Kier molecular flexibility index (Phi) is 3.91. The highest BCUT2D eigenvalue weighted by Crippen LogP contribution is 2.33. The van der Waals surface area contributed by atoms with E-state index in [1.165, 1.54) is 12.5 Å². The van der Waals surface area contributed by atoms with Crippen molar-refractivity contribution in [3.63, 3.8) is 0 Å². The molecule has 0 atom stereocenters. The fraction of sp³-hybridized carbons (Fsp3) is 0.500. The molecule has 4 rings (SSSR count). The molecular weight excluding hydrogens is 330 g/mol. The van der Waals surface area contributed by atoms with Crippen molar-refractivity contribution < 1.29 is 17.6 Å². The van der Waals surface area contributed by atoms with Gasteiger partial charge >= 0.3 is 6.01 Å². The van der Waals surface area contributed by atoms with Gasteiger partial charge in [0.15, 0.2) is 0 Å². The van der Waals surface area contributed by atoms with Crippen LogP contribution in [0.2, 0.25) is 0 Å². The number of rotatable bonds is 4. The van der Waals surface area contributed by atoms with Gasteiger partial charge < -0.3 is 9.15 Å². The molecule has 7 nitrogen and oxygen atoms in total. The van der Waals surface area contributed by atoms with Gasteiger partial charge in [0.1, 0.15) is 5.75 Å². The highest BCUT2D eigenvalue weighted by molar-refractivity contribution is 7.92. The first kappa shape index (κ1) is 15.4. The summed E-state index contributed by atoms with van der Waals surface area (Å²) in [5, 5.41) is 7.85. The van der Waals surface area contributed by atoms with E-state index >= 15 is 0 Å². The number of nitrogens with zero attached hydrogens (tertiary/aromatic N) is 2. The molecule has 0 amide bonds. The van der Waals surface area contributed by atoms with E-state index < -0.39 is 10.0 Å². The Morgan fingerprint density at radius 1 is 1.12 bits per heavy atom. The molecule has 0 bridgehead atoms. The number of hydrogen-bond donors (Lipinski definition) is 1. The smallest absolute Gasteiger partial charge is 0.329 e. The van der Waals surface area contributed by atoms with Crippen molar-refractivity contribution in [3.05, 3.63) is 29.7 Å². The molecular formula is C16H19N3O4S. The van der Waals surface area contributed by atoms with Crippen molar-refractivity contribution in [1.82, 2.24) is 10.2 Å². The molecule has 2 aliphatic rings. The zero-order chi connectivity index (χ0) is 16.6. The summed E-state index contributed by atoms with van der Waals surface area (Å²) in [6, 6.07) is 4.75. The standard InChI is InChI=1S/C16H19N3O4S/c20-24(21,13-6-7-14-12(10-13)8-9-22-14)19-16-18-17-15(23-16)11-4-2-1-3-5-11/h6-7,10-11H,1-5,8-9H2,(H,18,19). The molecule has 128 valence electrons. The summed E-state index contributed by atoms with van der Waals surface area (Å²) < 4.78 is 38.3. The van der Waals surface area contributed by atoms with Crippen molar-refractivity contribution in [2.45, 2.75) is 49.3 Å². The number of aromatic nitrogens is 2. The van der Waals surface area contributed by atoms with Gasteiger partial charge in [-0.05, 0) is 36.6 Å². The molecule has 0 radical (unpaired) electrons. The lowest BCUT2D eigenvalue weighted by Gasteiger charge is -2.17. The lowest BCUT2D eigenvalue weighted by molar-refractivity contribution is 0.356. The van der Waals surface area contributed by atoms with E-state index in [9.17, 15) is 8.42 Å². The second-order valence-electron chi connectivity index (χ2n) is 6.25. The summed E-state index contributed by atoms with van der Waals surface area (Å²) in [6.45, 7) is 0.584. The quantitative estimate of drug-likeness (QED) is 0.912. The summed E-state index contributed by atoms with van der Waals surface area (Å²) in [5.74, 6) is 1.50. The average Bonchev–Trinajstić information content (AvgIpc) is 3.23. The van der Waals surface area contributed by atoms with E-state index in [-0.39, 0.29) is 16.8 Å². The molecule has 1 N–H and O–H groups in total. The molecule has 24 heavy (non-hydrogen) atoms. The molecule has 1 fully saturated rings. The third-order valence-corrected chi connectivity index (χ3v) is 5.91. The maximum Gasteiger partial charge on any atom is 0.329 e. The van der Waals surface area contributed by atoms with Crippen LogP contribution >= 0.6 is 0 Å². The van der Waals surface area contributed by atoms with Crippen molar-refractivity contribution in [1.29, 1.82) is 0 Å². The maximum absolute atomic E-state index is 12.5. The van der Waals surface area contributed by atoms with Crippen LogP contribution in [0.3, 0.4) is 0 Å². The fourth-order valence-electron chi connectivity index (χ4n) is 3.29. The van der Waals surface area contributed by atoms with Gasteiger partial charge in [-0.15, -0.1) is 5.10 Å². The number of sulfonamides is 1. The molecule has 1 aromatic carbocycles. The van der Waals surface area contributed by atoms with Crippen LogP contribution in [0.25, 0.3) is 0 Å². The summed E-state index contributed by atoms with van der Waals surface area (Å²) in [6.07, 6.45) is 6.26. The van der Waals surface area contributed by atoms with Gasteiger partial charge in [-0.1, -0.05) is 24.4 Å². The second kappa shape index (κ2) is 6.08. The van der Waals surface area contributed by atoms with Crippen molar-refractivity contribution >= 4 is 16.0 Å². The van der Waals surface area contributed by atoms with Crippen LogP contribution in [0.5, 0.6) is 5.75 Å². The minimum Gasteiger partial charge on any atom is -0.493 e. The SMILES string of the molecule is O=S(=O)(Nc1nnc(C2CCCCC2)o1)c1ccc2c(c1)CCO2. The first-order valence-electron chi connectivity index (χ1n) is 8.24. The van der Waals surface area contributed by atoms with E-state index in [1.54, 1.807) is 12.1 Å². The minimum atomic E-state index is -3.75. The molecule has 1 aliphatic carbocycles. The normalized spacial score (nSPS) is 18.2. The third kappa shape index (κ3) is 2.98. The Morgan fingerprint density at radius 2 is 1.96 bits per heavy atom. The molecule has 2 heterocycles. The predicted octanol–water partition coefficient (Wildman–Crippen LogP) is 2.85. The average molecular weight is 349 g/mol. The van der Waals surface area contributed by atoms with Crippen LogP contribution in [0, 0.1) is 0 Å². The molecule has 1 saturated carbocycles. The summed E-state index contributed by atoms with van der Waals surface area (Å²) >= 11 is 0. The highest BCUT2D eigenvalue weighted by atomic mass is 32.2. The number of anilines is 1. The van der Waals surface area contributed by atoms with Crippen LogP contribution in [0.1, 0.15) is 49.5 Å². The van der Waals surface area contributed by atoms with Gasteiger partial charge in [-0.2, -0.15) is 0 Å². The number of fused-ring (bicyclic) bond motifs is 1. The Balaban J connectivity index is 1.52. The molecule has 8 heteroatoms. The number of nitrogens with one attached hydrogen (secondary N) is 1. The molecule has 1 aromatic heterocycles. The monoisotopic (exact) mass is 349 g/mol. The van der Waals surface area contributed by atoms with Crippen LogP contribution in [0.4, 0.5) is 6.01 Å². The number of benzene rings is 1. The zero-order valence-corrected chi connectivity index (χ0v) is 14.0. The Bertz CT molecular complexity index is 841. The van der Waals surface area contributed by atoms with Gasteiger partial charge in [-0.25, -0.2) is 13.1 Å². The van der Waals surface area contributed by atoms with Crippen LogP contribution in [0.15, 0.2) is 27.5 Å². The van der Waals surface area contributed by atoms with Crippen molar-refractivity contribution in [3.8, 4) is 5.75 Å². The Hall–Kier alpha value is -2.09. The second-order valence-corrected chi connectivity index (χ2v) is 7.94. The van der Waals surface area contributed by atoms with Gasteiger partial charge in [0.2, 0.25) is 5.89 Å². The Labute approximate surface area is 140 Å². The van der Waals surface area contributed by atoms with Gasteiger partial charge in [0.25, 0.3) is 10.0 Å². The van der Waals surface area contributed by atoms with E-state index in [2.05, 4.69) is 14.9 Å². The van der Waals surface area contributed by atoms with Crippen LogP contribution in [-0.4, -0.2) is 25.2 Å². The largest absolute Gasteiger partial charge is 0.493 e. The maximum atomic E-state index is 12.5. The van der Waals surface area contributed by atoms with E-state index in [4.69, 9.17) is 9.15 Å². The van der Waals surface area contributed by atoms with Gasteiger partial charge in [0.05, 0.1) is 11.5 Å². The van der Waals surface area contributed by atoms with Gasteiger partial charge in [-0.3, -0.25) is 0 Å². The summed E-state index contributed by atoms with van der Waals surface area (Å²) in [4.78, 5) is 0.171. The van der Waals surface area contributed by atoms with Crippen molar-refractivity contribution in [2.24, 2.45) is 0 Å². The molecule has 0 unspecified atom stereocenters. The van der Waals surface area contributed by atoms with E-state index in [0.717, 1.165) is 37.0 Å². The molecule has 1 aliphatic heterocycles. The molecule has 0 spiro atoms. The lowest BCUT2D eigenvalue weighted by atomic mass is 9.89. The molecule has 2 aromatic rings. The molecule has 0 saturated heterocycles. The first-order chi connectivity index (χ1) is 11.6. The van der Waals surface area contributed by atoms with E-state index in [1.807, 2.05) is 0 Å². The van der Waals surface area contributed by atoms with Gasteiger partial charge in [0, 0.05) is 12.3 Å². The van der Waals surface area contributed by atoms with Crippen molar-refractivity contribution in [2.75, 3.05) is 11.3 Å². The predicted molar refractivity (Wildman–Crippen MR) is 86.6 cm³/mol. The van der Waals surface area contributed by atoms with Crippen LogP contribution in [-0.2, 0) is 16.4 Å². The third-order valence-electron chi connectivity index (χ3n) is 4.59. The minimum absolute atomic E-state index is 0.0766. The number of ether oxygens (including phenoxy) is 1. The van der Waals surface area contributed by atoms with Crippen LogP contribution < -0.4 is 9.46 Å². The highest BCUT2D eigenvalue weighted by Gasteiger charge is 2.24. The lowest BCUT2D eigenvalue weighted by Crippen LogP contribution is -2.13. The Morgan fingerprint density at radius 3 is 2.79 bits per heavy atom. The topological polar surface area (TPSA) is 94.3 Å². The zero-order valence-electron chi connectivity index (χ0n) is 13.2. The summed E-state index contributed by atoms with van der Waals surface area (Å²) in [7, 11) is -3.75.